The van der Waals surface area contributed by atoms with Gasteiger partial charge in [0, 0.05) is 35.9 Å². The molecule has 5 nitrogen and oxygen atoms in total. The number of rotatable bonds is 4. The number of nitrogens with one attached hydrogen (secondary N) is 1. The summed E-state index contributed by atoms with van der Waals surface area (Å²) in [7, 11) is 0. The van der Waals surface area contributed by atoms with Gasteiger partial charge in [-0.05, 0) is 24.1 Å². The number of hydrogen-bond acceptors (Lipinski definition) is 4. The van der Waals surface area contributed by atoms with Crippen molar-refractivity contribution in [3.8, 4) is 0 Å². The van der Waals surface area contributed by atoms with Crippen LogP contribution in [0.3, 0.4) is 0 Å². The normalized spacial score (nSPS) is 17.1. The van der Waals surface area contributed by atoms with E-state index in [9.17, 15) is 5.11 Å². The molecular weight excluding hydrogens is 266 g/mol. The Morgan fingerprint density at radius 1 is 1.43 bits per heavy atom. The van der Waals surface area contributed by atoms with Gasteiger partial charge in [-0.2, -0.15) is 0 Å². The molecule has 1 unspecified atom stereocenters. The summed E-state index contributed by atoms with van der Waals surface area (Å²) in [4.78, 5) is 5.61. The Balaban J connectivity index is 1.85. The van der Waals surface area contributed by atoms with Crippen molar-refractivity contribution in [1.82, 2.24) is 4.98 Å². The van der Waals surface area contributed by atoms with E-state index in [1.165, 1.54) is 5.69 Å². The van der Waals surface area contributed by atoms with Gasteiger partial charge in [0.25, 0.3) is 0 Å². The molecule has 5 heteroatoms. The molecule has 0 spiro atoms. The standard InChI is InChI=1S/C16H21N3O2/c1-11(20)15(17)8-12-10-18-16-9-13(2-3-14(12)16)19-4-6-21-7-5-19/h2-3,9-10,15,18,20H,1,4-8,17H2. The average molecular weight is 287 g/mol. The zero-order valence-electron chi connectivity index (χ0n) is 12.0. The minimum Gasteiger partial charge on any atom is -0.511 e. The number of fused-ring (bicyclic) bond motifs is 1. The molecule has 0 radical (unpaired) electrons. The van der Waals surface area contributed by atoms with Crippen LogP contribution in [0.5, 0.6) is 0 Å². The van der Waals surface area contributed by atoms with Gasteiger partial charge < -0.3 is 25.5 Å². The second-order valence-electron chi connectivity index (χ2n) is 5.45. The molecule has 4 N–H and O–H groups in total. The Morgan fingerprint density at radius 2 is 2.19 bits per heavy atom. The highest BCUT2D eigenvalue weighted by molar-refractivity contribution is 5.86. The van der Waals surface area contributed by atoms with Gasteiger partial charge in [-0.3, -0.25) is 0 Å². The second kappa shape index (κ2) is 5.79. The van der Waals surface area contributed by atoms with E-state index in [0.29, 0.717) is 6.42 Å². The molecule has 1 aliphatic heterocycles. The average Bonchev–Trinajstić information content (AvgIpc) is 2.90. The number of nitrogens with zero attached hydrogens (tertiary/aromatic N) is 1. The minimum absolute atomic E-state index is 0.0225. The fraction of sp³-hybridized carbons (Fsp3) is 0.375. The molecule has 0 amide bonds. The van der Waals surface area contributed by atoms with Crippen molar-refractivity contribution in [3.05, 3.63) is 42.3 Å². The fourth-order valence-corrected chi connectivity index (χ4v) is 2.72. The summed E-state index contributed by atoms with van der Waals surface area (Å²) < 4.78 is 5.38. The summed E-state index contributed by atoms with van der Waals surface area (Å²) >= 11 is 0. The first-order valence-corrected chi connectivity index (χ1v) is 7.21. The highest BCUT2D eigenvalue weighted by Crippen LogP contribution is 2.25. The van der Waals surface area contributed by atoms with Crippen molar-refractivity contribution in [2.24, 2.45) is 5.73 Å². The Labute approximate surface area is 124 Å². The summed E-state index contributed by atoms with van der Waals surface area (Å²) in [6, 6.07) is 5.97. The second-order valence-corrected chi connectivity index (χ2v) is 5.45. The van der Waals surface area contributed by atoms with Gasteiger partial charge in [0.2, 0.25) is 0 Å². The van der Waals surface area contributed by atoms with E-state index >= 15 is 0 Å². The lowest BCUT2D eigenvalue weighted by Crippen LogP contribution is -2.36. The number of aliphatic hydroxyl groups is 1. The molecule has 1 aromatic heterocycles. The van der Waals surface area contributed by atoms with Gasteiger partial charge in [-0.25, -0.2) is 0 Å². The molecule has 1 aromatic carbocycles. The first-order valence-electron chi connectivity index (χ1n) is 7.21. The monoisotopic (exact) mass is 287 g/mol. The minimum atomic E-state index is -0.428. The Kier molecular flexibility index (Phi) is 3.86. The van der Waals surface area contributed by atoms with Crippen LogP contribution in [0.25, 0.3) is 10.9 Å². The zero-order valence-corrected chi connectivity index (χ0v) is 12.0. The van der Waals surface area contributed by atoms with E-state index in [0.717, 1.165) is 42.8 Å². The number of hydrogen-bond donors (Lipinski definition) is 3. The van der Waals surface area contributed by atoms with Crippen LogP contribution in [0.15, 0.2) is 36.7 Å². The highest BCUT2D eigenvalue weighted by Gasteiger charge is 2.14. The van der Waals surface area contributed by atoms with Crippen molar-refractivity contribution in [3.63, 3.8) is 0 Å². The van der Waals surface area contributed by atoms with Crippen LogP contribution in [-0.2, 0) is 11.2 Å². The van der Waals surface area contributed by atoms with Crippen molar-refractivity contribution < 1.29 is 9.84 Å². The van der Waals surface area contributed by atoms with Crippen LogP contribution >= 0.6 is 0 Å². The van der Waals surface area contributed by atoms with Gasteiger partial charge in [0.15, 0.2) is 0 Å². The molecule has 1 aliphatic rings. The van der Waals surface area contributed by atoms with Gasteiger partial charge in [0.1, 0.15) is 5.76 Å². The number of aliphatic hydroxyl groups excluding tert-OH is 1. The number of nitrogens with two attached hydrogens (primary N) is 1. The fourth-order valence-electron chi connectivity index (χ4n) is 2.72. The topological polar surface area (TPSA) is 74.5 Å². The van der Waals surface area contributed by atoms with Crippen molar-refractivity contribution in [1.29, 1.82) is 0 Å². The number of aromatic amines is 1. The molecule has 1 saturated heterocycles. The maximum atomic E-state index is 9.36. The van der Waals surface area contributed by atoms with Crippen LogP contribution in [0.4, 0.5) is 5.69 Å². The summed E-state index contributed by atoms with van der Waals surface area (Å²) in [5.41, 5.74) is 9.25. The summed E-state index contributed by atoms with van der Waals surface area (Å²) in [6.45, 7) is 6.90. The Hall–Kier alpha value is -1.98. The summed E-state index contributed by atoms with van der Waals surface area (Å²) in [5.74, 6) is 0.0225. The first kappa shape index (κ1) is 14.0. The molecule has 1 fully saturated rings. The molecule has 2 heterocycles. The summed E-state index contributed by atoms with van der Waals surface area (Å²) in [5, 5.41) is 10.5. The van der Waals surface area contributed by atoms with Crippen LogP contribution in [0, 0.1) is 0 Å². The lowest BCUT2D eigenvalue weighted by Gasteiger charge is -2.28. The van der Waals surface area contributed by atoms with Gasteiger partial charge in [0.05, 0.1) is 19.3 Å². The Morgan fingerprint density at radius 3 is 2.90 bits per heavy atom. The highest BCUT2D eigenvalue weighted by atomic mass is 16.5. The van der Waals surface area contributed by atoms with Gasteiger partial charge in [-0.15, -0.1) is 0 Å². The van der Waals surface area contributed by atoms with Crippen molar-refractivity contribution in [2.75, 3.05) is 31.2 Å². The third-order valence-electron chi connectivity index (χ3n) is 4.00. The number of benzene rings is 1. The molecule has 112 valence electrons. The molecule has 2 aromatic rings. The predicted molar refractivity (Wildman–Crippen MR) is 84.8 cm³/mol. The van der Waals surface area contributed by atoms with E-state index in [1.807, 2.05) is 6.20 Å². The molecular formula is C16H21N3O2. The Bertz CT molecular complexity index is 644. The van der Waals surface area contributed by atoms with E-state index in [2.05, 4.69) is 34.7 Å². The number of H-pyrrole nitrogens is 1. The smallest absolute Gasteiger partial charge is 0.102 e. The third kappa shape index (κ3) is 2.89. The molecule has 21 heavy (non-hydrogen) atoms. The van der Waals surface area contributed by atoms with E-state index in [-0.39, 0.29) is 5.76 Å². The van der Waals surface area contributed by atoms with Crippen LogP contribution in [0.2, 0.25) is 0 Å². The van der Waals surface area contributed by atoms with E-state index < -0.39 is 6.04 Å². The first-order chi connectivity index (χ1) is 10.1. The number of morpholine rings is 1. The molecule has 0 aliphatic carbocycles. The predicted octanol–water partition coefficient (Wildman–Crippen LogP) is 1.95. The maximum absolute atomic E-state index is 9.36. The molecule has 1 atom stereocenters. The van der Waals surface area contributed by atoms with Crippen LogP contribution in [-0.4, -0.2) is 42.4 Å². The van der Waals surface area contributed by atoms with Crippen LogP contribution < -0.4 is 10.6 Å². The lowest BCUT2D eigenvalue weighted by atomic mass is 10.0. The lowest BCUT2D eigenvalue weighted by molar-refractivity contribution is 0.122. The number of ether oxygens (including phenoxy) is 1. The quantitative estimate of drug-likeness (QED) is 0.751. The molecule has 0 bridgehead atoms. The summed E-state index contributed by atoms with van der Waals surface area (Å²) in [6.07, 6.45) is 2.53. The van der Waals surface area contributed by atoms with Gasteiger partial charge in [-0.1, -0.05) is 12.6 Å². The number of anilines is 1. The largest absolute Gasteiger partial charge is 0.511 e. The molecule has 0 saturated carbocycles. The number of aromatic nitrogens is 1. The van der Waals surface area contributed by atoms with Gasteiger partial charge >= 0.3 is 0 Å². The SMILES string of the molecule is C=C(O)C(N)Cc1c[nH]c2cc(N3CCOCC3)ccc12. The van der Waals surface area contributed by atoms with Crippen molar-refractivity contribution in [2.45, 2.75) is 12.5 Å². The third-order valence-corrected chi connectivity index (χ3v) is 4.00. The zero-order chi connectivity index (χ0) is 14.8. The van der Waals surface area contributed by atoms with E-state index in [4.69, 9.17) is 10.5 Å². The molecule has 3 rings (SSSR count). The van der Waals surface area contributed by atoms with E-state index in [1.54, 1.807) is 0 Å². The maximum Gasteiger partial charge on any atom is 0.102 e. The van der Waals surface area contributed by atoms with Crippen molar-refractivity contribution >= 4 is 16.6 Å². The van der Waals surface area contributed by atoms with Crippen LogP contribution in [0.1, 0.15) is 5.56 Å².